The molecule has 0 spiro atoms. The normalized spacial score (nSPS) is 19.4. The van der Waals surface area contributed by atoms with Crippen molar-refractivity contribution in [2.24, 2.45) is 11.8 Å². The van der Waals surface area contributed by atoms with Crippen LogP contribution in [-0.2, 0) is 4.79 Å². The van der Waals surface area contributed by atoms with Crippen molar-refractivity contribution >= 4 is 28.6 Å². The van der Waals surface area contributed by atoms with E-state index in [0.717, 1.165) is 59.8 Å². The van der Waals surface area contributed by atoms with Crippen LogP contribution in [-0.4, -0.2) is 77.4 Å². The summed E-state index contributed by atoms with van der Waals surface area (Å²) in [5.41, 5.74) is 2.15. The van der Waals surface area contributed by atoms with Crippen molar-refractivity contribution in [3.63, 3.8) is 0 Å². The van der Waals surface area contributed by atoms with Gasteiger partial charge in [-0.15, -0.1) is 11.8 Å². The molecule has 2 aromatic heterocycles. The van der Waals surface area contributed by atoms with Crippen LogP contribution in [0.15, 0.2) is 59.9 Å². The number of rotatable bonds is 11. The van der Waals surface area contributed by atoms with Crippen LogP contribution in [0, 0.1) is 11.8 Å². The van der Waals surface area contributed by atoms with Gasteiger partial charge in [-0.05, 0) is 87.8 Å². The molecule has 1 aliphatic heterocycles. The number of methoxy groups -OCH3 is 1. The molecule has 3 aromatic rings. The number of likely N-dealkylation sites (tertiary alicyclic amines) is 1. The van der Waals surface area contributed by atoms with Crippen molar-refractivity contribution in [2.75, 3.05) is 46.6 Å². The van der Waals surface area contributed by atoms with Gasteiger partial charge in [0, 0.05) is 42.7 Å². The summed E-state index contributed by atoms with van der Waals surface area (Å²) in [5.74, 6) is 0.884. The number of carbonyl (C=O) groups is 1. The van der Waals surface area contributed by atoms with Crippen molar-refractivity contribution in [3.8, 4) is 5.75 Å². The number of carboxylic acid groups (broad SMARTS) is 1. The number of aromatic nitrogens is 2. The molecule has 0 aliphatic carbocycles. The highest BCUT2D eigenvalue weighted by atomic mass is 32.2. The first-order valence-corrected chi connectivity index (χ1v) is 13.5. The predicted molar refractivity (Wildman–Crippen MR) is 145 cm³/mol. The minimum atomic E-state index is -0.678. The molecule has 1 saturated heterocycles. The van der Waals surface area contributed by atoms with E-state index < -0.39 is 5.97 Å². The Morgan fingerprint density at radius 2 is 2.08 bits per heavy atom. The fourth-order valence-corrected chi connectivity index (χ4v) is 6.11. The Hall–Kier alpha value is -2.68. The standard InChI is InChI=1S/C28H36N4O3S/c1-31(2)26(22-11-14-29-25-9-8-21(35-3)18-23(22)25)10-7-20-12-15-32(19-24(20)28(33)34)16-17-36-27-6-4-5-13-30-27/h4-6,8-9,11,13-14,18,20,24,26H,7,10,12,15-17,19H2,1-3H3,(H,33,34)/t20-,24+,26?/m1/s1. The molecule has 0 radical (unpaired) electrons. The Morgan fingerprint density at radius 1 is 1.22 bits per heavy atom. The summed E-state index contributed by atoms with van der Waals surface area (Å²) < 4.78 is 5.46. The van der Waals surface area contributed by atoms with E-state index in [9.17, 15) is 9.90 Å². The first-order chi connectivity index (χ1) is 17.5. The number of piperidine rings is 1. The quantitative estimate of drug-likeness (QED) is 0.369. The SMILES string of the molecule is COc1ccc2nccc(C(CC[C@@H]3CCN(CCSc4ccccn4)C[C@@H]3C(=O)O)N(C)C)c2c1. The molecule has 1 aliphatic rings. The van der Waals surface area contributed by atoms with Crippen molar-refractivity contribution < 1.29 is 14.6 Å². The number of ether oxygens (including phenoxy) is 1. The van der Waals surface area contributed by atoms with Crippen LogP contribution in [0.5, 0.6) is 5.75 Å². The third-order valence-electron chi connectivity index (χ3n) is 7.23. The fourth-order valence-electron chi connectivity index (χ4n) is 5.24. The fraction of sp³-hybridized carbons (Fsp3) is 0.464. The minimum absolute atomic E-state index is 0.171. The summed E-state index contributed by atoms with van der Waals surface area (Å²) in [4.78, 5) is 25.7. The third kappa shape index (κ3) is 6.55. The van der Waals surface area contributed by atoms with E-state index in [0.29, 0.717) is 6.54 Å². The van der Waals surface area contributed by atoms with E-state index in [1.807, 2.05) is 36.5 Å². The Bertz CT molecular complexity index is 1140. The summed E-state index contributed by atoms with van der Waals surface area (Å²) in [6.45, 7) is 2.44. The van der Waals surface area contributed by atoms with Gasteiger partial charge in [0.1, 0.15) is 5.75 Å². The van der Waals surface area contributed by atoms with Crippen molar-refractivity contribution in [1.29, 1.82) is 0 Å². The maximum atomic E-state index is 12.2. The molecule has 1 unspecified atom stereocenters. The second kappa shape index (κ2) is 12.5. The van der Waals surface area contributed by atoms with E-state index in [1.54, 1.807) is 25.1 Å². The zero-order chi connectivity index (χ0) is 25.5. The number of nitrogens with zero attached hydrogens (tertiary/aromatic N) is 4. The molecule has 4 rings (SSSR count). The van der Waals surface area contributed by atoms with E-state index in [4.69, 9.17) is 4.74 Å². The van der Waals surface area contributed by atoms with Crippen molar-refractivity contribution in [3.05, 3.63) is 60.4 Å². The molecular formula is C28H36N4O3S. The lowest BCUT2D eigenvalue weighted by molar-refractivity contribution is -0.146. The number of fused-ring (bicyclic) bond motifs is 1. The zero-order valence-corrected chi connectivity index (χ0v) is 22.2. The summed E-state index contributed by atoms with van der Waals surface area (Å²) in [6.07, 6.45) is 6.36. The summed E-state index contributed by atoms with van der Waals surface area (Å²) in [6, 6.07) is 14.2. The van der Waals surface area contributed by atoms with Gasteiger partial charge in [0.2, 0.25) is 0 Å². The molecule has 1 N–H and O–H groups in total. The number of hydrogen-bond donors (Lipinski definition) is 1. The van der Waals surface area contributed by atoms with Gasteiger partial charge in [0.25, 0.3) is 0 Å². The van der Waals surface area contributed by atoms with Gasteiger partial charge in [0.15, 0.2) is 0 Å². The lowest BCUT2D eigenvalue weighted by atomic mass is 9.80. The van der Waals surface area contributed by atoms with E-state index in [-0.39, 0.29) is 17.9 Å². The highest BCUT2D eigenvalue weighted by Gasteiger charge is 2.34. The van der Waals surface area contributed by atoms with Gasteiger partial charge >= 0.3 is 5.97 Å². The lowest BCUT2D eigenvalue weighted by Gasteiger charge is -2.37. The predicted octanol–water partition coefficient (Wildman–Crippen LogP) is 4.84. The Kier molecular flexibility index (Phi) is 9.18. The Morgan fingerprint density at radius 3 is 2.81 bits per heavy atom. The van der Waals surface area contributed by atoms with Gasteiger partial charge in [0.05, 0.1) is 23.6 Å². The minimum Gasteiger partial charge on any atom is -0.497 e. The Balaban J connectivity index is 1.40. The largest absolute Gasteiger partial charge is 0.497 e. The average Bonchev–Trinajstić information content (AvgIpc) is 2.89. The second-order valence-corrected chi connectivity index (χ2v) is 10.8. The van der Waals surface area contributed by atoms with Crippen LogP contribution in [0.2, 0.25) is 0 Å². The maximum Gasteiger partial charge on any atom is 0.308 e. The van der Waals surface area contributed by atoms with Crippen LogP contribution in [0.1, 0.15) is 30.9 Å². The van der Waals surface area contributed by atoms with E-state index >= 15 is 0 Å². The van der Waals surface area contributed by atoms with E-state index in [1.165, 1.54) is 5.56 Å². The van der Waals surface area contributed by atoms with Crippen LogP contribution in [0.25, 0.3) is 10.9 Å². The van der Waals surface area contributed by atoms with Gasteiger partial charge in [-0.1, -0.05) is 6.07 Å². The molecule has 8 heteroatoms. The number of pyridine rings is 2. The third-order valence-corrected chi connectivity index (χ3v) is 8.15. The van der Waals surface area contributed by atoms with Crippen molar-refractivity contribution in [2.45, 2.75) is 30.3 Å². The number of carboxylic acids is 1. The molecule has 192 valence electrons. The van der Waals surface area contributed by atoms with Crippen LogP contribution < -0.4 is 4.74 Å². The van der Waals surface area contributed by atoms with Crippen LogP contribution in [0.4, 0.5) is 0 Å². The van der Waals surface area contributed by atoms with Gasteiger partial charge in [-0.25, -0.2) is 4.98 Å². The van der Waals surface area contributed by atoms with Gasteiger partial charge < -0.3 is 19.6 Å². The first-order valence-electron chi connectivity index (χ1n) is 12.5. The number of benzene rings is 1. The molecule has 0 saturated carbocycles. The van der Waals surface area contributed by atoms with Crippen LogP contribution in [0.3, 0.4) is 0 Å². The second-order valence-electron chi connectivity index (χ2n) is 9.65. The molecule has 1 fully saturated rings. The molecule has 7 nitrogen and oxygen atoms in total. The number of thioether (sulfide) groups is 1. The van der Waals surface area contributed by atoms with Gasteiger partial charge in [-0.2, -0.15) is 0 Å². The molecule has 36 heavy (non-hydrogen) atoms. The molecular weight excluding hydrogens is 472 g/mol. The summed E-state index contributed by atoms with van der Waals surface area (Å²) >= 11 is 1.72. The summed E-state index contributed by atoms with van der Waals surface area (Å²) in [5, 5.41) is 12.1. The lowest BCUT2D eigenvalue weighted by Crippen LogP contribution is -2.44. The first kappa shape index (κ1) is 26.4. The Labute approximate surface area is 217 Å². The molecule has 1 aromatic carbocycles. The molecule has 0 amide bonds. The number of hydrogen-bond acceptors (Lipinski definition) is 7. The zero-order valence-electron chi connectivity index (χ0n) is 21.3. The average molecular weight is 509 g/mol. The molecule has 3 heterocycles. The van der Waals surface area contributed by atoms with Crippen LogP contribution >= 0.6 is 11.8 Å². The highest BCUT2D eigenvalue weighted by molar-refractivity contribution is 7.99. The maximum absolute atomic E-state index is 12.2. The highest BCUT2D eigenvalue weighted by Crippen LogP contribution is 2.35. The van der Waals surface area contributed by atoms with Crippen molar-refractivity contribution in [1.82, 2.24) is 19.8 Å². The number of aliphatic carboxylic acids is 1. The molecule has 0 bridgehead atoms. The molecule has 3 atom stereocenters. The summed E-state index contributed by atoms with van der Waals surface area (Å²) in [7, 11) is 5.86. The van der Waals surface area contributed by atoms with E-state index in [2.05, 4.69) is 46.0 Å². The monoisotopic (exact) mass is 508 g/mol. The smallest absolute Gasteiger partial charge is 0.308 e. The topological polar surface area (TPSA) is 78.8 Å². The van der Waals surface area contributed by atoms with Gasteiger partial charge in [-0.3, -0.25) is 9.78 Å².